The van der Waals surface area contributed by atoms with Crippen molar-refractivity contribution >= 4 is 34.2 Å². The van der Waals surface area contributed by atoms with Crippen LogP contribution in [0.15, 0.2) is 22.7 Å². The lowest BCUT2D eigenvalue weighted by molar-refractivity contribution is 0.0932. The number of rotatable bonds is 4. The second-order valence-electron chi connectivity index (χ2n) is 4.28. The van der Waals surface area contributed by atoms with Gasteiger partial charge in [-0.1, -0.05) is 0 Å². The summed E-state index contributed by atoms with van der Waals surface area (Å²) < 4.78 is 13.7. The number of amides is 1. The van der Waals surface area contributed by atoms with Crippen LogP contribution in [-0.2, 0) is 0 Å². The average Bonchev–Trinajstić information content (AvgIpc) is 3.13. The van der Waals surface area contributed by atoms with Crippen molar-refractivity contribution in [1.29, 1.82) is 0 Å². The topological polar surface area (TPSA) is 55.1 Å². The van der Waals surface area contributed by atoms with Crippen LogP contribution in [0.5, 0.6) is 0 Å². The summed E-state index contributed by atoms with van der Waals surface area (Å²) in [6.07, 6.45) is 2.21. The van der Waals surface area contributed by atoms with E-state index in [1.54, 1.807) is 0 Å². The van der Waals surface area contributed by atoms with E-state index in [-0.39, 0.29) is 24.4 Å². The van der Waals surface area contributed by atoms with Gasteiger partial charge in [0.05, 0.1) is 5.56 Å². The molecule has 0 aliphatic heterocycles. The quantitative estimate of drug-likeness (QED) is 0.887. The number of hydrogen-bond acceptors (Lipinski definition) is 2. The maximum absolute atomic E-state index is 13.1. The van der Waals surface area contributed by atoms with Gasteiger partial charge in [-0.25, -0.2) is 4.39 Å². The summed E-state index contributed by atoms with van der Waals surface area (Å²) in [7, 11) is 0. The van der Waals surface area contributed by atoms with Crippen LogP contribution in [-0.4, -0.2) is 18.5 Å². The van der Waals surface area contributed by atoms with E-state index in [2.05, 4.69) is 21.2 Å². The molecule has 6 heteroatoms. The van der Waals surface area contributed by atoms with Gasteiger partial charge >= 0.3 is 0 Å². The van der Waals surface area contributed by atoms with Crippen LogP contribution in [0.4, 0.5) is 4.39 Å². The third-order valence-corrected chi connectivity index (χ3v) is 3.63. The molecule has 1 amide bonds. The van der Waals surface area contributed by atoms with Crippen LogP contribution in [0, 0.1) is 11.7 Å². The fourth-order valence-electron chi connectivity index (χ4n) is 1.79. The largest absolute Gasteiger partial charge is 0.348 e. The summed E-state index contributed by atoms with van der Waals surface area (Å²) >= 11 is 3.24. The normalized spacial score (nSPS) is 15.7. The fraction of sp³-hybridized carbons (Fsp3) is 0.417. The van der Waals surface area contributed by atoms with Crippen LogP contribution in [0.3, 0.4) is 0 Å². The van der Waals surface area contributed by atoms with Crippen LogP contribution in [0.25, 0.3) is 0 Å². The van der Waals surface area contributed by atoms with Gasteiger partial charge in [0, 0.05) is 17.1 Å². The summed E-state index contributed by atoms with van der Waals surface area (Å²) in [5.74, 6) is -0.218. The number of hydrogen-bond donors (Lipinski definition) is 2. The Hall–Kier alpha value is -0.650. The lowest BCUT2D eigenvalue weighted by Gasteiger charge is -2.16. The van der Waals surface area contributed by atoms with Crippen molar-refractivity contribution < 1.29 is 9.18 Å². The molecule has 1 atom stereocenters. The van der Waals surface area contributed by atoms with E-state index < -0.39 is 5.82 Å². The van der Waals surface area contributed by atoms with E-state index in [0.29, 0.717) is 22.5 Å². The van der Waals surface area contributed by atoms with E-state index >= 15 is 0 Å². The molecule has 1 aromatic carbocycles. The minimum Gasteiger partial charge on any atom is -0.348 e. The zero-order valence-electron chi connectivity index (χ0n) is 9.66. The van der Waals surface area contributed by atoms with Gasteiger partial charge < -0.3 is 11.1 Å². The monoisotopic (exact) mass is 336 g/mol. The molecule has 18 heavy (non-hydrogen) atoms. The minimum absolute atomic E-state index is 0. The molecule has 1 aromatic rings. The molecule has 0 saturated heterocycles. The summed E-state index contributed by atoms with van der Waals surface area (Å²) in [5.41, 5.74) is 5.92. The highest BCUT2D eigenvalue weighted by molar-refractivity contribution is 9.10. The van der Waals surface area contributed by atoms with Crippen molar-refractivity contribution in [2.75, 3.05) is 6.54 Å². The summed E-state index contributed by atoms with van der Waals surface area (Å²) in [6, 6.07) is 4.05. The Balaban J connectivity index is 0.00000162. The minimum atomic E-state index is -0.422. The van der Waals surface area contributed by atoms with Crippen LogP contribution < -0.4 is 11.1 Å². The highest BCUT2D eigenvalue weighted by Crippen LogP contribution is 2.32. The maximum Gasteiger partial charge on any atom is 0.252 e. The average molecular weight is 338 g/mol. The van der Waals surface area contributed by atoms with E-state index in [4.69, 9.17) is 5.73 Å². The zero-order valence-corrected chi connectivity index (χ0v) is 12.1. The molecular weight excluding hydrogens is 323 g/mol. The molecule has 2 rings (SSSR count). The number of benzene rings is 1. The second kappa shape index (κ2) is 6.50. The van der Waals surface area contributed by atoms with E-state index in [0.717, 1.165) is 12.8 Å². The molecule has 0 bridgehead atoms. The maximum atomic E-state index is 13.1. The SMILES string of the molecule is Cl.NCC(NC(=O)c1cc(F)ccc1Br)C1CC1. The van der Waals surface area contributed by atoms with Gasteiger partial charge in [0.25, 0.3) is 5.91 Å². The zero-order chi connectivity index (χ0) is 12.4. The first-order valence-electron chi connectivity index (χ1n) is 5.58. The first-order valence-corrected chi connectivity index (χ1v) is 6.37. The number of nitrogens with two attached hydrogens (primary N) is 1. The van der Waals surface area contributed by atoms with Crippen molar-refractivity contribution in [1.82, 2.24) is 5.32 Å². The van der Waals surface area contributed by atoms with Crippen LogP contribution in [0.2, 0.25) is 0 Å². The Labute approximate surface area is 120 Å². The molecule has 0 aromatic heterocycles. The van der Waals surface area contributed by atoms with Crippen molar-refractivity contribution in [3.05, 3.63) is 34.1 Å². The third kappa shape index (κ3) is 3.67. The lowest BCUT2D eigenvalue weighted by Crippen LogP contribution is -2.41. The molecule has 3 nitrogen and oxygen atoms in total. The van der Waals surface area contributed by atoms with Gasteiger partial charge in [0.1, 0.15) is 5.82 Å². The summed E-state index contributed by atoms with van der Waals surface area (Å²) in [5, 5.41) is 2.85. The highest BCUT2D eigenvalue weighted by Gasteiger charge is 2.31. The summed E-state index contributed by atoms with van der Waals surface area (Å²) in [4.78, 5) is 12.0. The van der Waals surface area contributed by atoms with Gasteiger partial charge in [-0.05, 0) is 52.9 Å². The Morgan fingerprint density at radius 1 is 1.56 bits per heavy atom. The van der Waals surface area contributed by atoms with Crippen molar-refractivity contribution in [2.45, 2.75) is 18.9 Å². The van der Waals surface area contributed by atoms with Gasteiger partial charge in [0.2, 0.25) is 0 Å². The molecule has 1 aliphatic rings. The van der Waals surface area contributed by atoms with Crippen molar-refractivity contribution in [3.8, 4) is 0 Å². The third-order valence-electron chi connectivity index (χ3n) is 2.93. The Bertz CT molecular complexity index is 440. The molecule has 3 N–H and O–H groups in total. The van der Waals surface area contributed by atoms with Crippen LogP contribution >= 0.6 is 28.3 Å². The van der Waals surface area contributed by atoms with Crippen LogP contribution in [0.1, 0.15) is 23.2 Å². The molecular formula is C12H15BrClFN2O. The molecule has 1 aliphatic carbocycles. The summed E-state index contributed by atoms with van der Waals surface area (Å²) in [6.45, 7) is 0.420. The highest BCUT2D eigenvalue weighted by atomic mass is 79.9. The molecule has 0 heterocycles. The van der Waals surface area contributed by atoms with Gasteiger partial charge in [-0.3, -0.25) is 4.79 Å². The second-order valence-corrected chi connectivity index (χ2v) is 5.13. The Morgan fingerprint density at radius 3 is 2.78 bits per heavy atom. The lowest BCUT2D eigenvalue weighted by atomic mass is 10.1. The standard InChI is InChI=1S/C12H14BrFN2O.ClH/c13-10-4-3-8(14)5-9(10)12(17)16-11(6-15)7-1-2-7;/h3-5,7,11H,1-2,6,15H2,(H,16,17);1H. The first kappa shape index (κ1) is 15.4. The molecule has 1 saturated carbocycles. The first-order chi connectivity index (χ1) is 8.11. The van der Waals surface area contributed by atoms with Gasteiger partial charge in [-0.15, -0.1) is 12.4 Å². The number of carbonyl (C=O) groups is 1. The molecule has 0 spiro atoms. The Kier molecular flexibility index (Phi) is 5.56. The van der Waals surface area contributed by atoms with E-state index in [1.807, 2.05) is 0 Å². The van der Waals surface area contributed by atoms with Crippen molar-refractivity contribution in [3.63, 3.8) is 0 Å². The molecule has 1 unspecified atom stereocenters. The number of nitrogens with one attached hydrogen (secondary N) is 1. The Morgan fingerprint density at radius 2 is 2.22 bits per heavy atom. The predicted molar refractivity (Wildman–Crippen MR) is 74.4 cm³/mol. The predicted octanol–water partition coefficient (Wildman–Crippen LogP) is 2.48. The molecule has 0 radical (unpaired) electrons. The fourth-order valence-corrected chi connectivity index (χ4v) is 2.21. The number of halogens is 3. The number of carbonyl (C=O) groups excluding carboxylic acids is 1. The molecule has 100 valence electrons. The van der Waals surface area contributed by atoms with E-state index in [1.165, 1.54) is 18.2 Å². The van der Waals surface area contributed by atoms with Gasteiger partial charge in [-0.2, -0.15) is 0 Å². The smallest absolute Gasteiger partial charge is 0.252 e. The van der Waals surface area contributed by atoms with E-state index in [9.17, 15) is 9.18 Å². The van der Waals surface area contributed by atoms with Gasteiger partial charge in [0.15, 0.2) is 0 Å². The van der Waals surface area contributed by atoms with Crippen molar-refractivity contribution in [2.24, 2.45) is 11.7 Å². The molecule has 1 fully saturated rings.